The second kappa shape index (κ2) is 6.83. The third-order valence-electron chi connectivity index (χ3n) is 4.44. The van der Waals surface area contributed by atoms with E-state index in [0.29, 0.717) is 12.1 Å². The van der Waals surface area contributed by atoms with Crippen LogP contribution < -0.4 is 5.32 Å². The van der Waals surface area contributed by atoms with Gasteiger partial charge in [-0.15, -0.1) is 0 Å². The van der Waals surface area contributed by atoms with Crippen molar-refractivity contribution in [1.82, 2.24) is 0 Å². The molecule has 0 amide bonds. The number of hydrogen-bond donors (Lipinski definition) is 1. The van der Waals surface area contributed by atoms with Crippen LogP contribution in [0, 0.1) is 37.8 Å². The molecule has 2 aromatic carbocycles. The first-order valence-corrected chi connectivity index (χ1v) is 7.82. The summed E-state index contributed by atoms with van der Waals surface area (Å²) in [6, 6.07) is 7.01. The van der Waals surface area contributed by atoms with E-state index in [-0.39, 0.29) is 16.4 Å². The monoisotopic (exact) mass is 326 g/mol. The number of benzene rings is 2. The smallest absolute Gasteiger partial charge is 0.274 e. The van der Waals surface area contributed by atoms with Gasteiger partial charge in [0.1, 0.15) is 0 Å². The van der Waals surface area contributed by atoms with Crippen LogP contribution in [0.25, 0.3) is 0 Å². The minimum Gasteiger partial charge on any atom is -0.381 e. The summed E-state index contributed by atoms with van der Waals surface area (Å²) in [6.07, 6.45) is 0. The number of carbonyl (C=O) groups excluding carboxylic acids is 1. The number of carbonyl (C=O) groups is 1. The Morgan fingerprint density at radius 1 is 1.12 bits per heavy atom. The fourth-order valence-corrected chi connectivity index (χ4v) is 3.24. The Morgan fingerprint density at radius 2 is 1.79 bits per heavy atom. The number of ketones is 1. The molecule has 0 saturated carbocycles. The van der Waals surface area contributed by atoms with Crippen LogP contribution in [0.1, 0.15) is 45.1 Å². The largest absolute Gasteiger partial charge is 0.381 e. The van der Waals surface area contributed by atoms with Gasteiger partial charge < -0.3 is 5.32 Å². The summed E-state index contributed by atoms with van der Waals surface area (Å²) in [5.74, 6) is 0.0535. The summed E-state index contributed by atoms with van der Waals surface area (Å²) in [5.41, 5.74) is 6.30. The molecule has 0 fully saturated rings. The standard InChI is InChI=1S/C19H22N2O3/c1-11-9-12(2)19(15(5)22)13(3)16(11)10-20-17-7-6-8-18(14(17)4)21(23)24/h6-9,20H,10H2,1-5H3. The van der Waals surface area contributed by atoms with E-state index in [1.165, 1.54) is 6.07 Å². The average Bonchev–Trinajstić information content (AvgIpc) is 2.47. The van der Waals surface area contributed by atoms with E-state index in [0.717, 1.165) is 33.5 Å². The van der Waals surface area contributed by atoms with E-state index < -0.39 is 0 Å². The zero-order valence-electron chi connectivity index (χ0n) is 14.7. The predicted molar refractivity (Wildman–Crippen MR) is 95.8 cm³/mol. The fourth-order valence-electron chi connectivity index (χ4n) is 3.24. The molecule has 0 atom stereocenters. The van der Waals surface area contributed by atoms with E-state index in [1.807, 2.05) is 32.9 Å². The summed E-state index contributed by atoms with van der Waals surface area (Å²) in [5, 5.41) is 14.3. The normalized spacial score (nSPS) is 10.5. The molecule has 0 bridgehead atoms. The molecule has 0 unspecified atom stereocenters. The average molecular weight is 326 g/mol. The Hall–Kier alpha value is -2.69. The van der Waals surface area contributed by atoms with Crippen LogP contribution in [0.5, 0.6) is 0 Å². The third-order valence-corrected chi connectivity index (χ3v) is 4.44. The highest BCUT2D eigenvalue weighted by atomic mass is 16.6. The molecule has 0 heterocycles. The van der Waals surface area contributed by atoms with Crippen LogP contribution in [-0.2, 0) is 6.54 Å². The second-order valence-electron chi connectivity index (χ2n) is 6.11. The highest BCUT2D eigenvalue weighted by Gasteiger charge is 2.16. The Balaban J connectivity index is 2.37. The summed E-state index contributed by atoms with van der Waals surface area (Å²) in [7, 11) is 0. The van der Waals surface area contributed by atoms with E-state index in [1.54, 1.807) is 19.9 Å². The van der Waals surface area contributed by atoms with E-state index in [9.17, 15) is 14.9 Å². The number of anilines is 1. The first-order chi connectivity index (χ1) is 11.2. The SMILES string of the molecule is CC(=O)c1c(C)cc(C)c(CNc2cccc([N+](=O)[O-])c2C)c1C. The molecule has 5 nitrogen and oxygen atoms in total. The summed E-state index contributed by atoms with van der Waals surface area (Å²) >= 11 is 0. The molecule has 0 spiro atoms. The second-order valence-corrected chi connectivity index (χ2v) is 6.11. The van der Waals surface area contributed by atoms with Gasteiger partial charge in [0.15, 0.2) is 5.78 Å². The van der Waals surface area contributed by atoms with Gasteiger partial charge in [0.25, 0.3) is 5.69 Å². The number of nitro groups is 1. The molecular formula is C19H22N2O3. The van der Waals surface area contributed by atoms with Crippen molar-refractivity contribution in [3.05, 3.63) is 67.8 Å². The highest BCUT2D eigenvalue weighted by Crippen LogP contribution is 2.27. The number of hydrogen-bond acceptors (Lipinski definition) is 4. The molecule has 0 aromatic heterocycles. The quantitative estimate of drug-likeness (QED) is 0.493. The van der Waals surface area contributed by atoms with Crippen molar-refractivity contribution in [2.75, 3.05) is 5.32 Å². The Morgan fingerprint density at radius 3 is 2.38 bits per heavy atom. The van der Waals surface area contributed by atoms with Gasteiger partial charge in [-0.1, -0.05) is 12.1 Å². The third kappa shape index (κ3) is 3.30. The van der Waals surface area contributed by atoms with Crippen LogP contribution in [0.15, 0.2) is 24.3 Å². The van der Waals surface area contributed by atoms with Crippen molar-refractivity contribution in [2.45, 2.75) is 41.2 Å². The number of nitrogens with one attached hydrogen (secondary N) is 1. The Kier molecular flexibility index (Phi) is 5.02. The molecular weight excluding hydrogens is 304 g/mol. The lowest BCUT2D eigenvalue weighted by Crippen LogP contribution is -2.10. The minimum atomic E-state index is -0.378. The number of rotatable bonds is 5. The molecule has 2 rings (SSSR count). The molecule has 0 aliphatic carbocycles. The van der Waals surface area contributed by atoms with Crippen molar-refractivity contribution in [1.29, 1.82) is 0 Å². The lowest BCUT2D eigenvalue weighted by molar-refractivity contribution is -0.385. The van der Waals surface area contributed by atoms with E-state index in [2.05, 4.69) is 5.32 Å². The lowest BCUT2D eigenvalue weighted by Gasteiger charge is -2.17. The number of Topliss-reactive ketones (excluding diaryl/α,β-unsaturated/α-hetero) is 1. The summed E-state index contributed by atoms with van der Waals surface area (Å²) in [4.78, 5) is 22.6. The fraction of sp³-hybridized carbons (Fsp3) is 0.316. The predicted octanol–water partition coefficient (Wildman–Crippen LogP) is 4.64. The van der Waals surface area contributed by atoms with Crippen molar-refractivity contribution < 1.29 is 9.72 Å². The van der Waals surface area contributed by atoms with Crippen molar-refractivity contribution >= 4 is 17.2 Å². The topological polar surface area (TPSA) is 72.2 Å². The first kappa shape index (κ1) is 17.7. The molecule has 0 radical (unpaired) electrons. The van der Waals surface area contributed by atoms with Gasteiger partial charge in [-0.05, 0) is 62.9 Å². The van der Waals surface area contributed by atoms with Gasteiger partial charge in [0.2, 0.25) is 0 Å². The Labute approximate surface area is 141 Å². The maximum absolute atomic E-state index is 11.9. The molecule has 2 aromatic rings. The van der Waals surface area contributed by atoms with Crippen molar-refractivity contribution in [3.8, 4) is 0 Å². The van der Waals surface area contributed by atoms with Gasteiger partial charge in [-0.2, -0.15) is 0 Å². The van der Waals surface area contributed by atoms with Crippen molar-refractivity contribution in [3.63, 3.8) is 0 Å². The first-order valence-electron chi connectivity index (χ1n) is 7.82. The van der Waals surface area contributed by atoms with Crippen LogP contribution in [0.2, 0.25) is 0 Å². The maximum atomic E-state index is 11.9. The minimum absolute atomic E-state index is 0.0535. The highest BCUT2D eigenvalue weighted by molar-refractivity contribution is 5.97. The van der Waals surface area contributed by atoms with E-state index >= 15 is 0 Å². The van der Waals surface area contributed by atoms with Crippen LogP contribution in [0.4, 0.5) is 11.4 Å². The maximum Gasteiger partial charge on any atom is 0.274 e. The molecule has 0 aliphatic rings. The number of nitrogens with zero attached hydrogens (tertiary/aromatic N) is 1. The molecule has 0 saturated heterocycles. The van der Waals surface area contributed by atoms with Gasteiger partial charge in [0, 0.05) is 29.4 Å². The zero-order valence-corrected chi connectivity index (χ0v) is 14.7. The van der Waals surface area contributed by atoms with E-state index in [4.69, 9.17) is 0 Å². The van der Waals surface area contributed by atoms with Crippen LogP contribution in [-0.4, -0.2) is 10.7 Å². The number of nitro benzene ring substituents is 1. The molecule has 5 heteroatoms. The van der Waals surface area contributed by atoms with Crippen molar-refractivity contribution in [2.24, 2.45) is 0 Å². The lowest BCUT2D eigenvalue weighted by atomic mass is 9.91. The molecule has 1 N–H and O–H groups in total. The number of aryl methyl sites for hydroxylation is 2. The molecule has 126 valence electrons. The van der Waals surface area contributed by atoms with Crippen LogP contribution in [0.3, 0.4) is 0 Å². The Bertz CT molecular complexity index is 826. The summed E-state index contributed by atoms with van der Waals surface area (Å²) in [6.45, 7) is 9.73. The zero-order chi connectivity index (χ0) is 18.0. The molecule has 0 aliphatic heterocycles. The molecule has 24 heavy (non-hydrogen) atoms. The van der Waals surface area contributed by atoms with Gasteiger partial charge in [-0.3, -0.25) is 14.9 Å². The van der Waals surface area contributed by atoms with Gasteiger partial charge in [-0.25, -0.2) is 0 Å². The summed E-state index contributed by atoms with van der Waals surface area (Å²) < 4.78 is 0. The van der Waals surface area contributed by atoms with Crippen LogP contribution >= 0.6 is 0 Å². The van der Waals surface area contributed by atoms with Gasteiger partial charge >= 0.3 is 0 Å². The van der Waals surface area contributed by atoms with Gasteiger partial charge in [0.05, 0.1) is 4.92 Å².